The van der Waals surface area contributed by atoms with Crippen molar-refractivity contribution in [2.75, 3.05) is 0 Å². The molecule has 1 aromatic heterocycles. The third kappa shape index (κ3) is 7.28. The molecule has 3 rings (SSSR count). The monoisotopic (exact) mass is 405 g/mol. The van der Waals surface area contributed by atoms with Gasteiger partial charge in [0, 0.05) is 11.8 Å². The number of amidine groups is 1. The summed E-state index contributed by atoms with van der Waals surface area (Å²) in [6.07, 6.45) is 2.41. The van der Waals surface area contributed by atoms with Crippen LogP contribution in [0.5, 0.6) is 5.75 Å². The summed E-state index contributed by atoms with van der Waals surface area (Å²) in [4.78, 5) is 4.63. The van der Waals surface area contributed by atoms with Crippen LogP contribution in [0.25, 0.3) is 10.9 Å². The number of nitrogens with one attached hydrogen (secondary N) is 1. The second kappa shape index (κ2) is 12.3. The molecular weight excluding hydrogens is 374 g/mol. The third-order valence-electron chi connectivity index (χ3n) is 4.60. The smallest absolute Gasteiger partial charge is 0.145 e. The fraction of sp³-hybridized carbons (Fsp3) is 0.333. The molecule has 0 radical (unpaired) electrons. The first-order valence-electron chi connectivity index (χ1n) is 10.4. The molecule has 0 aliphatic rings. The van der Waals surface area contributed by atoms with Crippen LogP contribution in [0, 0.1) is 11.3 Å². The molecule has 0 bridgehead atoms. The quantitative estimate of drug-likeness (QED) is 0.156. The van der Waals surface area contributed by atoms with Crippen molar-refractivity contribution in [1.82, 2.24) is 4.98 Å². The van der Waals surface area contributed by atoms with Crippen molar-refractivity contribution in [3.8, 4) is 5.75 Å². The molecule has 3 N–H and O–H groups in total. The Hall–Kier alpha value is -3.28. The van der Waals surface area contributed by atoms with Crippen LogP contribution >= 0.6 is 0 Å². The number of hydrogen-bond acceptors (Lipinski definition) is 4. The zero-order chi connectivity index (χ0) is 21.8. The van der Waals surface area contributed by atoms with Gasteiger partial charge in [0.15, 0.2) is 0 Å². The van der Waals surface area contributed by atoms with E-state index in [2.05, 4.69) is 46.5 Å². The van der Waals surface area contributed by atoms with Gasteiger partial charge in [-0.25, -0.2) is 4.98 Å². The number of rotatable bonds is 8. The summed E-state index contributed by atoms with van der Waals surface area (Å²) in [5, 5.41) is 15.4. The molecule has 6 nitrogen and oxygen atoms in total. The maximum atomic E-state index is 7.59. The van der Waals surface area contributed by atoms with E-state index >= 15 is 0 Å². The van der Waals surface area contributed by atoms with E-state index in [0.717, 1.165) is 35.2 Å². The Morgan fingerprint density at radius 3 is 2.53 bits per heavy atom. The molecule has 1 heterocycles. The minimum atomic E-state index is 0.223. The molecule has 0 saturated heterocycles. The van der Waals surface area contributed by atoms with Gasteiger partial charge >= 0.3 is 0 Å². The van der Waals surface area contributed by atoms with Crippen molar-refractivity contribution in [3.63, 3.8) is 0 Å². The molecule has 158 valence electrons. The average molecular weight is 406 g/mol. The molecule has 0 spiro atoms. The minimum absolute atomic E-state index is 0.223. The zero-order valence-corrected chi connectivity index (χ0v) is 18.0. The molecule has 0 saturated carbocycles. The fourth-order valence-corrected chi connectivity index (χ4v) is 3.07. The molecule has 0 amide bonds. The van der Waals surface area contributed by atoms with E-state index in [4.69, 9.17) is 16.0 Å². The molecule has 3 aromatic rings. The van der Waals surface area contributed by atoms with Gasteiger partial charge in [-0.15, -0.1) is 5.11 Å². The van der Waals surface area contributed by atoms with Gasteiger partial charge in [-0.3, -0.25) is 5.41 Å². The summed E-state index contributed by atoms with van der Waals surface area (Å²) in [6, 6.07) is 20.3. The molecule has 0 fully saturated rings. The Morgan fingerprint density at radius 2 is 1.80 bits per heavy atom. The van der Waals surface area contributed by atoms with Crippen molar-refractivity contribution < 1.29 is 4.74 Å². The largest absolute Gasteiger partial charge is 0.487 e. The van der Waals surface area contributed by atoms with Gasteiger partial charge < -0.3 is 10.6 Å². The Balaban J connectivity index is 0.00000155. The number of ether oxygens (including phenoxy) is 1. The van der Waals surface area contributed by atoms with Gasteiger partial charge in [-0.1, -0.05) is 62.4 Å². The topological polar surface area (TPSA) is 96.7 Å². The molecule has 0 aliphatic carbocycles. The number of pyridine rings is 1. The van der Waals surface area contributed by atoms with Gasteiger partial charge in [-0.2, -0.15) is 0 Å². The lowest BCUT2D eigenvalue weighted by Gasteiger charge is -2.12. The van der Waals surface area contributed by atoms with Crippen molar-refractivity contribution >= 4 is 16.7 Å². The van der Waals surface area contributed by atoms with E-state index in [-0.39, 0.29) is 5.84 Å². The van der Waals surface area contributed by atoms with Gasteiger partial charge in [-0.05, 0) is 48.6 Å². The van der Waals surface area contributed by atoms with Gasteiger partial charge in [0.05, 0.1) is 11.2 Å². The standard InChI is InChI=1S/C22H25N5O.C2H6/c1-16(6-13-22(23)26-27-24)14-17-7-11-20(12-8-17)28-15-19-10-9-18-4-2-3-5-21(18)25-19;1-2/h2-5,7-12,16H,6,13-15H2,1H3,(H3,23,24,26);1-2H3. The lowest BCUT2D eigenvalue weighted by molar-refractivity contribution is 0.301. The summed E-state index contributed by atoms with van der Waals surface area (Å²) in [5.74, 6) is 6.46. The second-order valence-electron chi connectivity index (χ2n) is 6.94. The number of para-hydroxylation sites is 1. The Morgan fingerprint density at radius 1 is 1.07 bits per heavy atom. The SMILES string of the molecule is CC.CC(CCC(=N)N=NN)Cc1ccc(OCc2ccc3ccccc3n2)cc1. The summed E-state index contributed by atoms with van der Waals surface area (Å²) < 4.78 is 5.88. The minimum Gasteiger partial charge on any atom is -0.487 e. The van der Waals surface area contributed by atoms with Crippen molar-refractivity contribution in [3.05, 3.63) is 71.9 Å². The van der Waals surface area contributed by atoms with Crippen LogP contribution in [0.4, 0.5) is 0 Å². The van der Waals surface area contributed by atoms with Crippen LogP contribution in [0.1, 0.15) is 44.9 Å². The predicted octanol–water partition coefficient (Wildman–Crippen LogP) is 6.10. The fourth-order valence-electron chi connectivity index (χ4n) is 3.07. The van der Waals surface area contributed by atoms with E-state index in [1.165, 1.54) is 5.56 Å². The first-order chi connectivity index (χ1) is 14.6. The summed E-state index contributed by atoms with van der Waals surface area (Å²) in [5.41, 5.74) is 3.14. The van der Waals surface area contributed by atoms with Crippen LogP contribution < -0.4 is 10.6 Å². The number of hydrogen-bond donors (Lipinski definition) is 2. The second-order valence-corrected chi connectivity index (χ2v) is 6.94. The highest BCUT2D eigenvalue weighted by molar-refractivity contribution is 5.79. The molecule has 2 aromatic carbocycles. The number of benzene rings is 2. The highest BCUT2D eigenvalue weighted by atomic mass is 16.5. The van der Waals surface area contributed by atoms with E-state index in [0.29, 0.717) is 18.9 Å². The normalized spacial score (nSPS) is 11.7. The number of aromatic nitrogens is 1. The number of nitrogens with two attached hydrogens (primary N) is 1. The van der Waals surface area contributed by atoms with Crippen LogP contribution in [-0.4, -0.2) is 10.8 Å². The van der Waals surface area contributed by atoms with Gasteiger partial charge in [0.2, 0.25) is 0 Å². The molecular formula is C24H31N5O. The molecule has 1 unspecified atom stereocenters. The van der Waals surface area contributed by atoms with Crippen LogP contribution in [0.3, 0.4) is 0 Å². The predicted molar refractivity (Wildman–Crippen MR) is 123 cm³/mol. The lowest BCUT2D eigenvalue weighted by Crippen LogP contribution is -2.03. The first kappa shape index (κ1) is 23.0. The van der Waals surface area contributed by atoms with Crippen LogP contribution in [-0.2, 0) is 13.0 Å². The van der Waals surface area contributed by atoms with Crippen LogP contribution in [0.2, 0.25) is 0 Å². The molecule has 6 heteroatoms. The van der Waals surface area contributed by atoms with E-state index in [1.807, 2.05) is 50.2 Å². The van der Waals surface area contributed by atoms with Crippen molar-refractivity contribution in [2.24, 2.45) is 22.1 Å². The van der Waals surface area contributed by atoms with Crippen LogP contribution in [0.15, 0.2) is 71.0 Å². The van der Waals surface area contributed by atoms with Crippen molar-refractivity contribution in [1.29, 1.82) is 5.41 Å². The number of fused-ring (bicyclic) bond motifs is 1. The van der Waals surface area contributed by atoms with E-state index < -0.39 is 0 Å². The van der Waals surface area contributed by atoms with E-state index in [1.54, 1.807) is 0 Å². The molecule has 30 heavy (non-hydrogen) atoms. The summed E-state index contributed by atoms with van der Waals surface area (Å²) in [6.45, 7) is 6.61. The third-order valence-corrected chi connectivity index (χ3v) is 4.60. The summed E-state index contributed by atoms with van der Waals surface area (Å²) in [7, 11) is 0. The average Bonchev–Trinajstić information content (AvgIpc) is 2.79. The highest BCUT2D eigenvalue weighted by Gasteiger charge is 2.07. The van der Waals surface area contributed by atoms with Gasteiger partial charge in [0.25, 0.3) is 0 Å². The Labute approximate surface area is 178 Å². The van der Waals surface area contributed by atoms with Crippen molar-refractivity contribution in [2.45, 2.75) is 46.6 Å². The molecule has 1 atom stereocenters. The maximum Gasteiger partial charge on any atom is 0.145 e. The summed E-state index contributed by atoms with van der Waals surface area (Å²) >= 11 is 0. The Bertz CT molecular complexity index is 953. The highest BCUT2D eigenvalue weighted by Crippen LogP contribution is 2.19. The Kier molecular flexibility index (Phi) is 9.45. The van der Waals surface area contributed by atoms with Gasteiger partial charge in [0.1, 0.15) is 18.2 Å². The zero-order valence-electron chi connectivity index (χ0n) is 18.0. The lowest BCUT2D eigenvalue weighted by atomic mass is 9.96. The molecule has 0 aliphatic heterocycles. The number of nitrogens with zero attached hydrogens (tertiary/aromatic N) is 3. The maximum absolute atomic E-state index is 7.59. The first-order valence-corrected chi connectivity index (χ1v) is 10.4. The van der Waals surface area contributed by atoms with E-state index in [9.17, 15) is 0 Å².